The van der Waals surface area contributed by atoms with Gasteiger partial charge < -0.3 is 5.11 Å². The number of nitrogens with one attached hydrogen (secondary N) is 1. The molecule has 5 nitrogen and oxygen atoms in total. The second-order valence-corrected chi connectivity index (χ2v) is 6.51. The normalized spacial score (nSPS) is 11.1. The van der Waals surface area contributed by atoms with Crippen molar-refractivity contribution < 1.29 is 18.3 Å². The van der Waals surface area contributed by atoms with Crippen LogP contribution in [-0.4, -0.2) is 19.5 Å². The van der Waals surface area contributed by atoms with Crippen molar-refractivity contribution in [3.63, 3.8) is 0 Å². The second kappa shape index (κ2) is 6.28. The van der Waals surface area contributed by atoms with Gasteiger partial charge >= 0.3 is 5.97 Å². The number of hydrogen-bond acceptors (Lipinski definition) is 3. The number of carboxylic acid groups (broad SMARTS) is 1. The SMILES string of the molecule is O=C(O)c1ccc(NS(=O)(=O)c2ccc(CBr)cc2)cc1. The molecule has 7 heteroatoms. The van der Waals surface area contributed by atoms with Crippen molar-refractivity contribution in [2.75, 3.05) is 4.72 Å². The van der Waals surface area contributed by atoms with Crippen molar-refractivity contribution in [3.05, 3.63) is 59.7 Å². The lowest BCUT2D eigenvalue weighted by Gasteiger charge is -2.08. The van der Waals surface area contributed by atoms with E-state index in [0.717, 1.165) is 5.56 Å². The average Bonchev–Trinajstić information content (AvgIpc) is 2.47. The van der Waals surface area contributed by atoms with Crippen LogP contribution in [0.15, 0.2) is 53.4 Å². The lowest BCUT2D eigenvalue weighted by molar-refractivity contribution is 0.0697. The molecule has 0 aliphatic heterocycles. The van der Waals surface area contributed by atoms with Gasteiger partial charge in [-0.15, -0.1) is 0 Å². The van der Waals surface area contributed by atoms with E-state index in [1.807, 2.05) is 0 Å². The molecule has 0 saturated carbocycles. The Balaban J connectivity index is 2.21. The number of aromatic carboxylic acids is 1. The van der Waals surface area contributed by atoms with Gasteiger partial charge in [-0.05, 0) is 42.0 Å². The van der Waals surface area contributed by atoms with E-state index in [4.69, 9.17) is 5.11 Å². The molecule has 0 fully saturated rings. The van der Waals surface area contributed by atoms with E-state index in [9.17, 15) is 13.2 Å². The van der Waals surface area contributed by atoms with Crippen LogP contribution in [0, 0.1) is 0 Å². The Labute approximate surface area is 130 Å². The molecule has 2 rings (SSSR count). The van der Waals surface area contributed by atoms with Crippen molar-refractivity contribution >= 4 is 37.6 Å². The number of carbonyl (C=O) groups is 1. The summed E-state index contributed by atoms with van der Waals surface area (Å²) in [6, 6.07) is 12.0. The van der Waals surface area contributed by atoms with Crippen LogP contribution in [0.5, 0.6) is 0 Å². The number of benzene rings is 2. The molecule has 0 aliphatic carbocycles. The zero-order chi connectivity index (χ0) is 15.5. The van der Waals surface area contributed by atoms with Crippen molar-refractivity contribution in [1.29, 1.82) is 0 Å². The Morgan fingerprint density at radius 3 is 2.10 bits per heavy atom. The Bertz CT molecular complexity index is 740. The number of halogens is 1. The highest BCUT2D eigenvalue weighted by molar-refractivity contribution is 9.08. The largest absolute Gasteiger partial charge is 0.478 e. The summed E-state index contributed by atoms with van der Waals surface area (Å²) in [7, 11) is -3.68. The van der Waals surface area contributed by atoms with Gasteiger partial charge in [0.2, 0.25) is 0 Å². The zero-order valence-electron chi connectivity index (χ0n) is 10.8. The maximum absolute atomic E-state index is 12.2. The number of rotatable bonds is 5. The summed E-state index contributed by atoms with van der Waals surface area (Å²) < 4.78 is 26.8. The summed E-state index contributed by atoms with van der Waals surface area (Å²) >= 11 is 3.29. The summed E-state index contributed by atoms with van der Waals surface area (Å²) in [5, 5.41) is 9.44. The van der Waals surface area contributed by atoms with Crippen LogP contribution in [0.3, 0.4) is 0 Å². The summed E-state index contributed by atoms with van der Waals surface area (Å²) in [6.07, 6.45) is 0. The van der Waals surface area contributed by atoms with Crippen LogP contribution in [0.2, 0.25) is 0 Å². The maximum Gasteiger partial charge on any atom is 0.335 e. The minimum absolute atomic E-state index is 0.0969. The van der Waals surface area contributed by atoms with Gasteiger partial charge in [-0.2, -0.15) is 0 Å². The minimum atomic E-state index is -3.68. The molecule has 0 radical (unpaired) electrons. The highest BCUT2D eigenvalue weighted by Crippen LogP contribution is 2.18. The molecule has 2 N–H and O–H groups in total. The molecule has 21 heavy (non-hydrogen) atoms. The Morgan fingerprint density at radius 1 is 1.05 bits per heavy atom. The van der Waals surface area contributed by atoms with Crippen LogP contribution >= 0.6 is 15.9 Å². The highest BCUT2D eigenvalue weighted by atomic mass is 79.9. The molecule has 0 unspecified atom stereocenters. The van der Waals surface area contributed by atoms with E-state index >= 15 is 0 Å². The molecule has 0 saturated heterocycles. The predicted octanol–water partition coefficient (Wildman–Crippen LogP) is 3.08. The summed E-state index contributed by atoms with van der Waals surface area (Å²) in [4.78, 5) is 10.9. The Hall–Kier alpha value is -1.86. The van der Waals surface area contributed by atoms with Crippen molar-refractivity contribution in [3.8, 4) is 0 Å². The van der Waals surface area contributed by atoms with E-state index in [2.05, 4.69) is 20.7 Å². The predicted molar refractivity (Wildman–Crippen MR) is 83.3 cm³/mol. The average molecular weight is 370 g/mol. The first-order valence-electron chi connectivity index (χ1n) is 5.93. The van der Waals surface area contributed by atoms with Gasteiger partial charge in [-0.1, -0.05) is 28.1 Å². The number of hydrogen-bond donors (Lipinski definition) is 2. The first kappa shape index (κ1) is 15.5. The molecular weight excluding hydrogens is 358 g/mol. The number of anilines is 1. The van der Waals surface area contributed by atoms with Gasteiger partial charge in [0.05, 0.1) is 10.5 Å². The Morgan fingerprint density at radius 2 is 1.62 bits per heavy atom. The molecule has 2 aromatic carbocycles. The van der Waals surface area contributed by atoms with Crippen LogP contribution in [0.25, 0.3) is 0 Å². The van der Waals surface area contributed by atoms with Crippen LogP contribution in [0.1, 0.15) is 15.9 Å². The molecule has 0 amide bonds. The third kappa shape index (κ3) is 3.83. The first-order chi connectivity index (χ1) is 9.92. The molecule has 0 heterocycles. The van der Waals surface area contributed by atoms with Gasteiger partial charge in [0.25, 0.3) is 10.0 Å². The van der Waals surface area contributed by atoms with E-state index in [0.29, 0.717) is 11.0 Å². The lowest BCUT2D eigenvalue weighted by Crippen LogP contribution is -2.13. The van der Waals surface area contributed by atoms with E-state index in [1.165, 1.54) is 36.4 Å². The topological polar surface area (TPSA) is 83.5 Å². The van der Waals surface area contributed by atoms with Crippen LogP contribution in [0.4, 0.5) is 5.69 Å². The standard InChI is InChI=1S/C14H12BrNO4S/c15-9-10-1-7-13(8-2-10)21(19,20)16-12-5-3-11(4-6-12)14(17)18/h1-8,16H,9H2,(H,17,18). The van der Waals surface area contributed by atoms with Crippen molar-refractivity contribution in [1.82, 2.24) is 0 Å². The molecule has 0 spiro atoms. The summed E-state index contributed by atoms with van der Waals surface area (Å²) in [6.45, 7) is 0. The van der Waals surface area contributed by atoms with Gasteiger partial charge in [0.1, 0.15) is 0 Å². The first-order valence-corrected chi connectivity index (χ1v) is 8.54. The number of alkyl halides is 1. The molecule has 110 valence electrons. The maximum atomic E-state index is 12.2. The third-order valence-corrected chi connectivity index (χ3v) is 4.82. The van der Waals surface area contributed by atoms with Gasteiger partial charge in [-0.25, -0.2) is 13.2 Å². The van der Waals surface area contributed by atoms with Gasteiger partial charge in [-0.3, -0.25) is 4.72 Å². The van der Waals surface area contributed by atoms with Crippen molar-refractivity contribution in [2.24, 2.45) is 0 Å². The van der Waals surface area contributed by atoms with Gasteiger partial charge in [0.15, 0.2) is 0 Å². The van der Waals surface area contributed by atoms with Crippen molar-refractivity contribution in [2.45, 2.75) is 10.2 Å². The monoisotopic (exact) mass is 369 g/mol. The fourth-order valence-electron chi connectivity index (χ4n) is 1.65. The smallest absolute Gasteiger partial charge is 0.335 e. The zero-order valence-corrected chi connectivity index (χ0v) is 13.2. The van der Waals surface area contributed by atoms with Gasteiger partial charge in [0, 0.05) is 11.0 Å². The number of carboxylic acids is 1. The Kier molecular flexibility index (Phi) is 4.64. The van der Waals surface area contributed by atoms with E-state index < -0.39 is 16.0 Å². The molecule has 0 bridgehead atoms. The molecule has 0 aliphatic rings. The molecule has 2 aromatic rings. The quantitative estimate of drug-likeness (QED) is 0.793. The second-order valence-electron chi connectivity index (χ2n) is 4.27. The fraction of sp³-hybridized carbons (Fsp3) is 0.0714. The van der Waals surface area contributed by atoms with E-state index in [-0.39, 0.29) is 10.5 Å². The number of sulfonamides is 1. The van der Waals surface area contributed by atoms with Crippen LogP contribution < -0.4 is 4.72 Å². The van der Waals surface area contributed by atoms with Crippen LogP contribution in [-0.2, 0) is 15.4 Å². The van der Waals surface area contributed by atoms with E-state index in [1.54, 1.807) is 12.1 Å². The fourth-order valence-corrected chi connectivity index (χ4v) is 3.09. The molecule has 0 aromatic heterocycles. The molecular formula is C14H12BrNO4S. The summed E-state index contributed by atoms with van der Waals surface area (Å²) in [5.41, 5.74) is 1.38. The lowest BCUT2D eigenvalue weighted by atomic mass is 10.2. The summed E-state index contributed by atoms with van der Waals surface area (Å²) in [5.74, 6) is -1.06. The molecule has 0 atom stereocenters. The third-order valence-electron chi connectivity index (χ3n) is 2.77. The highest BCUT2D eigenvalue weighted by Gasteiger charge is 2.14. The minimum Gasteiger partial charge on any atom is -0.478 e.